The summed E-state index contributed by atoms with van der Waals surface area (Å²) in [5, 5.41) is 3.69. The zero-order valence-corrected chi connectivity index (χ0v) is 14.9. The summed E-state index contributed by atoms with van der Waals surface area (Å²) in [6.07, 6.45) is 6.40. The lowest BCUT2D eigenvalue weighted by atomic mass is 9.95. The predicted octanol–water partition coefficient (Wildman–Crippen LogP) is 2.53. The number of amides is 1. The zero-order chi connectivity index (χ0) is 17.8. The van der Waals surface area contributed by atoms with Crippen LogP contribution >= 0.6 is 0 Å². The van der Waals surface area contributed by atoms with Crippen molar-refractivity contribution in [3.05, 3.63) is 59.9 Å². The second-order valence-electron chi connectivity index (χ2n) is 7.21. The van der Waals surface area contributed by atoms with E-state index in [1.165, 1.54) is 5.56 Å². The maximum Gasteiger partial charge on any atom is 0.255 e. The van der Waals surface area contributed by atoms with Crippen molar-refractivity contribution in [2.75, 3.05) is 26.2 Å². The van der Waals surface area contributed by atoms with Crippen LogP contribution in [0.3, 0.4) is 0 Å². The van der Waals surface area contributed by atoms with E-state index < -0.39 is 0 Å². The second-order valence-corrected chi connectivity index (χ2v) is 7.21. The Balaban J connectivity index is 1.23. The average molecular weight is 351 g/mol. The first-order valence-electron chi connectivity index (χ1n) is 9.43. The van der Waals surface area contributed by atoms with Gasteiger partial charge in [0.1, 0.15) is 5.75 Å². The highest BCUT2D eigenvalue weighted by Crippen LogP contribution is 2.26. The molecule has 3 heterocycles. The molecule has 1 aromatic heterocycles. The van der Waals surface area contributed by atoms with Gasteiger partial charge in [-0.15, -0.1) is 0 Å². The zero-order valence-electron chi connectivity index (χ0n) is 14.9. The number of fused-ring (bicyclic) bond motifs is 1. The van der Waals surface area contributed by atoms with Crippen molar-refractivity contribution in [3.63, 3.8) is 0 Å². The Morgan fingerprint density at radius 1 is 1.19 bits per heavy atom. The number of pyridine rings is 1. The molecule has 0 spiro atoms. The van der Waals surface area contributed by atoms with Gasteiger partial charge in [-0.05, 0) is 43.0 Å². The molecule has 0 aliphatic carbocycles. The molecule has 1 fully saturated rings. The van der Waals surface area contributed by atoms with Gasteiger partial charge >= 0.3 is 0 Å². The van der Waals surface area contributed by atoms with Gasteiger partial charge in [-0.25, -0.2) is 0 Å². The summed E-state index contributed by atoms with van der Waals surface area (Å²) in [5.41, 5.74) is 1.99. The van der Waals surface area contributed by atoms with E-state index in [-0.39, 0.29) is 5.91 Å². The van der Waals surface area contributed by atoms with E-state index in [4.69, 9.17) is 4.74 Å². The van der Waals surface area contributed by atoms with Gasteiger partial charge in [-0.3, -0.25) is 9.78 Å². The Hall–Kier alpha value is -2.40. The Labute approximate surface area is 154 Å². The minimum absolute atomic E-state index is 0.0915. The Morgan fingerprint density at radius 3 is 2.85 bits per heavy atom. The van der Waals surface area contributed by atoms with Crippen molar-refractivity contribution in [1.29, 1.82) is 0 Å². The second kappa shape index (κ2) is 7.87. The molecule has 4 rings (SSSR count). The van der Waals surface area contributed by atoms with Crippen molar-refractivity contribution < 1.29 is 9.53 Å². The third-order valence-electron chi connectivity index (χ3n) is 5.34. The Kier molecular flexibility index (Phi) is 5.16. The summed E-state index contributed by atoms with van der Waals surface area (Å²) >= 11 is 0. The summed E-state index contributed by atoms with van der Waals surface area (Å²) < 4.78 is 5.87. The van der Waals surface area contributed by atoms with Crippen LogP contribution in [0, 0.1) is 5.92 Å². The molecule has 1 saturated heterocycles. The quantitative estimate of drug-likeness (QED) is 0.920. The van der Waals surface area contributed by atoms with Crippen LogP contribution in [0.15, 0.2) is 48.8 Å². The number of hydrogen-bond acceptors (Lipinski definition) is 4. The smallest absolute Gasteiger partial charge is 0.255 e. The summed E-state index contributed by atoms with van der Waals surface area (Å²) in [4.78, 5) is 18.5. The molecule has 0 unspecified atom stereocenters. The number of hydrogen-bond donors (Lipinski definition) is 1. The Morgan fingerprint density at radius 2 is 2.04 bits per heavy atom. The highest BCUT2D eigenvalue weighted by Gasteiger charge is 2.25. The first kappa shape index (κ1) is 17.0. The molecule has 1 atom stereocenters. The van der Waals surface area contributed by atoms with Gasteiger partial charge in [-0.1, -0.05) is 18.2 Å². The van der Waals surface area contributed by atoms with Gasteiger partial charge in [0.05, 0.1) is 12.2 Å². The summed E-state index contributed by atoms with van der Waals surface area (Å²) in [7, 11) is 0. The number of ether oxygens (including phenoxy) is 1. The summed E-state index contributed by atoms with van der Waals surface area (Å²) in [6, 6.07) is 12.4. The normalized spacial score (nSPS) is 20.3. The van der Waals surface area contributed by atoms with E-state index in [1.54, 1.807) is 12.4 Å². The number of likely N-dealkylation sites (tertiary alicyclic amines) is 1. The molecule has 2 aromatic rings. The number of carbonyl (C=O) groups excluding carboxylic acids is 1. The number of carbonyl (C=O) groups is 1. The number of piperidine rings is 1. The third kappa shape index (κ3) is 3.88. The first-order valence-corrected chi connectivity index (χ1v) is 9.43. The van der Waals surface area contributed by atoms with Gasteiger partial charge < -0.3 is 15.0 Å². The number of rotatable bonds is 4. The molecule has 1 aromatic carbocycles. The van der Waals surface area contributed by atoms with Crippen molar-refractivity contribution in [2.24, 2.45) is 5.92 Å². The summed E-state index contributed by atoms with van der Waals surface area (Å²) in [6.45, 7) is 3.35. The molecule has 5 heteroatoms. The van der Waals surface area contributed by atoms with Crippen LogP contribution in [0.1, 0.15) is 28.8 Å². The molecule has 5 nitrogen and oxygen atoms in total. The summed E-state index contributed by atoms with van der Waals surface area (Å²) in [5.74, 6) is 1.64. The van der Waals surface area contributed by atoms with Crippen LogP contribution in [-0.4, -0.2) is 48.1 Å². The molecule has 1 N–H and O–H groups in total. The number of nitrogens with zero attached hydrogens (tertiary/aromatic N) is 2. The molecule has 26 heavy (non-hydrogen) atoms. The van der Waals surface area contributed by atoms with Gasteiger partial charge in [-0.2, -0.15) is 0 Å². The Bertz CT molecular complexity index is 742. The highest BCUT2D eigenvalue weighted by atomic mass is 16.5. The van der Waals surface area contributed by atoms with E-state index in [0.717, 1.165) is 51.3 Å². The van der Waals surface area contributed by atoms with Crippen molar-refractivity contribution >= 4 is 5.91 Å². The molecule has 0 radical (unpaired) electrons. The molecular formula is C21H25N3O2. The maximum absolute atomic E-state index is 12.5. The molecule has 2 aliphatic heterocycles. The lowest BCUT2D eigenvalue weighted by molar-refractivity contribution is 0.0702. The largest absolute Gasteiger partial charge is 0.493 e. The van der Waals surface area contributed by atoms with Crippen molar-refractivity contribution in [1.82, 2.24) is 15.2 Å². The van der Waals surface area contributed by atoms with Crippen molar-refractivity contribution in [3.8, 4) is 5.75 Å². The SMILES string of the molecule is O=C(c1cccnc1)N1CCC(NC[C@H]2COc3ccccc3C2)CC1. The van der Waals surface area contributed by atoms with E-state index >= 15 is 0 Å². The van der Waals surface area contributed by atoms with Gasteiger partial charge in [0.25, 0.3) is 5.91 Å². The van der Waals surface area contributed by atoms with Crippen LogP contribution in [0.5, 0.6) is 5.75 Å². The minimum atomic E-state index is 0.0915. The van der Waals surface area contributed by atoms with Crippen LogP contribution < -0.4 is 10.1 Å². The standard InChI is InChI=1S/C21H25N3O2/c25-21(18-5-3-9-22-14-18)24-10-7-19(8-11-24)23-13-16-12-17-4-1-2-6-20(17)26-15-16/h1-6,9,14,16,19,23H,7-8,10-13,15H2/t16-/m0/s1. The molecule has 0 saturated carbocycles. The topological polar surface area (TPSA) is 54.5 Å². The van der Waals surface area contributed by atoms with E-state index in [0.29, 0.717) is 17.5 Å². The monoisotopic (exact) mass is 351 g/mol. The van der Waals surface area contributed by atoms with Crippen molar-refractivity contribution in [2.45, 2.75) is 25.3 Å². The minimum Gasteiger partial charge on any atom is -0.493 e. The van der Waals surface area contributed by atoms with Crippen LogP contribution in [0.25, 0.3) is 0 Å². The fourth-order valence-corrected chi connectivity index (χ4v) is 3.81. The highest BCUT2D eigenvalue weighted by molar-refractivity contribution is 5.93. The molecule has 1 amide bonds. The predicted molar refractivity (Wildman–Crippen MR) is 100 cm³/mol. The van der Waals surface area contributed by atoms with Crippen LogP contribution in [0.4, 0.5) is 0 Å². The van der Waals surface area contributed by atoms with Gasteiger partial charge in [0, 0.05) is 44.0 Å². The average Bonchev–Trinajstić information content (AvgIpc) is 2.72. The van der Waals surface area contributed by atoms with Crippen LogP contribution in [-0.2, 0) is 6.42 Å². The molecule has 2 aliphatic rings. The number of benzene rings is 1. The maximum atomic E-state index is 12.5. The fraction of sp³-hybridized carbons (Fsp3) is 0.429. The molecule has 0 bridgehead atoms. The van der Waals surface area contributed by atoms with E-state index in [2.05, 4.69) is 22.4 Å². The molecule has 136 valence electrons. The molecular weight excluding hydrogens is 326 g/mol. The van der Waals surface area contributed by atoms with Gasteiger partial charge in [0.2, 0.25) is 0 Å². The number of para-hydroxylation sites is 1. The first-order chi connectivity index (χ1) is 12.8. The fourth-order valence-electron chi connectivity index (χ4n) is 3.81. The van der Waals surface area contributed by atoms with Crippen LogP contribution in [0.2, 0.25) is 0 Å². The number of aromatic nitrogens is 1. The van der Waals surface area contributed by atoms with E-state index in [1.807, 2.05) is 29.2 Å². The number of nitrogens with one attached hydrogen (secondary N) is 1. The van der Waals surface area contributed by atoms with Gasteiger partial charge in [0.15, 0.2) is 0 Å². The lowest BCUT2D eigenvalue weighted by Gasteiger charge is -2.34. The van der Waals surface area contributed by atoms with E-state index in [9.17, 15) is 4.79 Å². The lowest BCUT2D eigenvalue weighted by Crippen LogP contribution is -2.46. The third-order valence-corrected chi connectivity index (χ3v) is 5.34.